The predicted molar refractivity (Wildman–Crippen MR) is 109 cm³/mol. The normalized spacial score (nSPS) is 10.6. The highest BCUT2D eigenvalue weighted by atomic mass is 16.5. The van der Waals surface area contributed by atoms with E-state index in [2.05, 4.69) is 25.8 Å². The first-order chi connectivity index (χ1) is 13.0. The number of anilines is 5. The molecule has 0 atom stereocenters. The van der Waals surface area contributed by atoms with Crippen molar-refractivity contribution in [2.75, 3.05) is 29.6 Å². The van der Waals surface area contributed by atoms with Crippen LogP contribution in [0, 0.1) is 0 Å². The van der Waals surface area contributed by atoms with E-state index >= 15 is 0 Å². The summed E-state index contributed by atoms with van der Waals surface area (Å²) in [6, 6.07) is 15.7. The Morgan fingerprint density at radius 1 is 0.889 bits per heavy atom. The van der Waals surface area contributed by atoms with Crippen molar-refractivity contribution in [2.24, 2.45) is 0 Å². The van der Waals surface area contributed by atoms with Gasteiger partial charge in [-0.3, -0.25) is 0 Å². The van der Waals surface area contributed by atoms with Gasteiger partial charge in [0.1, 0.15) is 5.75 Å². The Balaban J connectivity index is 1.66. The molecule has 2 aromatic carbocycles. The van der Waals surface area contributed by atoms with Gasteiger partial charge in [-0.25, -0.2) is 0 Å². The molecule has 1 heterocycles. The van der Waals surface area contributed by atoms with Crippen LogP contribution in [0.25, 0.3) is 0 Å². The second-order valence-corrected chi connectivity index (χ2v) is 6.55. The lowest BCUT2D eigenvalue weighted by Gasteiger charge is -2.13. The number of nitrogens with one attached hydrogen (secondary N) is 2. The number of benzene rings is 2. The Morgan fingerprint density at radius 3 is 2.15 bits per heavy atom. The quantitative estimate of drug-likeness (QED) is 0.650. The topological polar surface area (TPSA) is 75.2 Å². The molecule has 0 saturated carbocycles. The average Bonchev–Trinajstić information content (AvgIpc) is 2.64. The van der Waals surface area contributed by atoms with Gasteiger partial charge in [0, 0.05) is 31.2 Å². The lowest BCUT2D eigenvalue weighted by Crippen LogP contribution is -2.08. The summed E-state index contributed by atoms with van der Waals surface area (Å²) in [7, 11) is 4.01. The molecule has 7 heteroatoms. The minimum atomic E-state index is 0.148. The van der Waals surface area contributed by atoms with Crippen molar-refractivity contribution in [3.8, 4) is 5.75 Å². The van der Waals surface area contributed by atoms with Gasteiger partial charge < -0.3 is 20.3 Å². The third-order valence-electron chi connectivity index (χ3n) is 3.70. The van der Waals surface area contributed by atoms with E-state index in [0.29, 0.717) is 11.8 Å². The highest BCUT2D eigenvalue weighted by Crippen LogP contribution is 2.21. The van der Waals surface area contributed by atoms with Gasteiger partial charge in [0.2, 0.25) is 5.95 Å². The maximum atomic E-state index is 5.65. The molecule has 0 aliphatic heterocycles. The molecule has 0 bridgehead atoms. The molecule has 0 fully saturated rings. The Morgan fingerprint density at radius 2 is 1.52 bits per heavy atom. The molecule has 0 aliphatic carbocycles. The molecule has 0 aliphatic rings. The number of aromatic nitrogens is 3. The van der Waals surface area contributed by atoms with Crippen molar-refractivity contribution in [3.63, 3.8) is 0 Å². The van der Waals surface area contributed by atoms with Crippen LogP contribution in [0.15, 0.2) is 54.7 Å². The van der Waals surface area contributed by atoms with E-state index in [9.17, 15) is 0 Å². The summed E-state index contributed by atoms with van der Waals surface area (Å²) in [6.45, 7) is 4.00. The summed E-state index contributed by atoms with van der Waals surface area (Å²) >= 11 is 0. The van der Waals surface area contributed by atoms with Crippen LogP contribution in [0.4, 0.5) is 28.8 Å². The molecule has 2 N–H and O–H groups in total. The fraction of sp³-hybridized carbons (Fsp3) is 0.250. The fourth-order valence-electron chi connectivity index (χ4n) is 2.43. The van der Waals surface area contributed by atoms with Crippen molar-refractivity contribution in [1.82, 2.24) is 15.2 Å². The summed E-state index contributed by atoms with van der Waals surface area (Å²) < 4.78 is 5.65. The minimum Gasteiger partial charge on any atom is -0.491 e. The largest absolute Gasteiger partial charge is 0.491 e. The van der Waals surface area contributed by atoms with Gasteiger partial charge in [0.15, 0.2) is 5.82 Å². The van der Waals surface area contributed by atoms with Crippen molar-refractivity contribution in [2.45, 2.75) is 20.0 Å². The molecule has 140 valence electrons. The third kappa shape index (κ3) is 5.31. The molecule has 3 rings (SSSR count). The standard InChI is InChI=1S/C20H24N6O/c1-14(2)27-18-11-7-15(8-12-18)22-19-13-21-25-20(24-19)23-16-5-9-17(10-6-16)26(3)4/h5-14H,1-4H3,(H2,22,23,24,25). The second-order valence-electron chi connectivity index (χ2n) is 6.55. The van der Waals surface area contributed by atoms with Crippen LogP contribution in [0.2, 0.25) is 0 Å². The molecule has 0 unspecified atom stereocenters. The van der Waals surface area contributed by atoms with E-state index in [1.807, 2.05) is 81.4 Å². The SMILES string of the molecule is CC(C)Oc1ccc(Nc2cnnc(Nc3ccc(N(C)C)cc3)n2)cc1. The van der Waals surface area contributed by atoms with Crippen LogP contribution in [0.5, 0.6) is 5.75 Å². The van der Waals surface area contributed by atoms with E-state index in [0.717, 1.165) is 22.8 Å². The highest BCUT2D eigenvalue weighted by Gasteiger charge is 2.04. The zero-order valence-electron chi connectivity index (χ0n) is 16.0. The number of rotatable bonds is 7. The van der Waals surface area contributed by atoms with E-state index in [4.69, 9.17) is 4.74 Å². The van der Waals surface area contributed by atoms with E-state index in [-0.39, 0.29) is 6.10 Å². The van der Waals surface area contributed by atoms with Gasteiger partial charge in [0.05, 0.1) is 12.3 Å². The van der Waals surface area contributed by atoms with Gasteiger partial charge in [-0.15, -0.1) is 5.10 Å². The van der Waals surface area contributed by atoms with Crippen LogP contribution in [0.1, 0.15) is 13.8 Å². The first-order valence-electron chi connectivity index (χ1n) is 8.77. The molecule has 27 heavy (non-hydrogen) atoms. The minimum absolute atomic E-state index is 0.148. The molecule has 3 aromatic rings. The molecule has 7 nitrogen and oxygen atoms in total. The number of ether oxygens (including phenoxy) is 1. The Kier molecular flexibility index (Phi) is 5.71. The molecule has 0 radical (unpaired) electrons. The fourth-order valence-corrected chi connectivity index (χ4v) is 2.43. The number of hydrogen-bond acceptors (Lipinski definition) is 7. The Bertz CT molecular complexity index is 862. The zero-order chi connectivity index (χ0) is 19.2. The van der Waals surface area contributed by atoms with Crippen molar-refractivity contribution >= 4 is 28.8 Å². The third-order valence-corrected chi connectivity index (χ3v) is 3.70. The van der Waals surface area contributed by atoms with Gasteiger partial charge in [-0.05, 0) is 62.4 Å². The molecule has 0 amide bonds. The summed E-state index contributed by atoms with van der Waals surface area (Å²) in [5.41, 5.74) is 2.92. The molecule has 0 spiro atoms. The van der Waals surface area contributed by atoms with Crippen molar-refractivity contribution in [3.05, 3.63) is 54.7 Å². The summed E-state index contributed by atoms with van der Waals surface area (Å²) in [5.74, 6) is 1.87. The van der Waals surface area contributed by atoms with E-state index in [1.54, 1.807) is 6.20 Å². The maximum absolute atomic E-state index is 5.65. The second kappa shape index (κ2) is 8.35. The molecular weight excluding hydrogens is 340 g/mol. The first kappa shape index (κ1) is 18.4. The van der Waals surface area contributed by atoms with Gasteiger partial charge in [-0.1, -0.05) is 0 Å². The average molecular weight is 364 g/mol. The van der Waals surface area contributed by atoms with Crippen LogP contribution in [-0.2, 0) is 0 Å². The molecule has 0 saturated heterocycles. The Labute approximate surface area is 159 Å². The van der Waals surface area contributed by atoms with E-state index < -0.39 is 0 Å². The maximum Gasteiger partial charge on any atom is 0.249 e. The zero-order valence-corrected chi connectivity index (χ0v) is 16.0. The highest BCUT2D eigenvalue weighted by molar-refractivity contribution is 5.61. The summed E-state index contributed by atoms with van der Waals surface area (Å²) in [4.78, 5) is 6.50. The van der Waals surface area contributed by atoms with Crippen LogP contribution < -0.4 is 20.3 Å². The molecular formula is C20H24N6O. The summed E-state index contributed by atoms with van der Waals surface area (Å²) in [5, 5.41) is 14.4. The first-order valence-corrected chi connectivity index (χ1v) is 8.77. The van der Waals surface area contributed by atoms with Crippen LogP contribution in [0.3, 0.4) is 0 Å². The predicted octanol–water partition coefficient (Wildman–Crippen LogP) is 4.21. The number of nitrogens with zero attached hydrogens (tertiary/aromatic N) is 4. The van der Waals surface area contributed by atoms with Gasteiger partial charge >= 0.3 is 0 Å². The van der Waals surface area contributed by atoms with Crippen molar-refractivity contribution in [1.29, 1.82) is 0 Å². The Hall–Kier alpha value is -3.35. The van der Waals surface area contributed by atoms with Crippen LogP contribution >= 0.6 is 0 Å². The smallest absolute Gasteiger partial charge is 0.249 e. The van der Waals surface area contributed by atoms with Crippen molar-refractivity contribution < 1.29 is 4.74 Å². The molecule has 1 aromatic heterocycles. The lowest BCUT2D eigenvalue weighted by atomic mass is 10.2. The lowest BCUT2D eigenvalue weighted by molar-refractivity contribution is 0.242. The summed E-state index contributed by atoms with van der Waals surface area (Å²) in [6.07, 6.45) is 1.73. The van der Waals surface area contributed by atoms with E-state index in [1.165, 1.54) is 0 Å². The van der Waals surface area contributed by atoms with Gasteiger partial charge in [-0.2, -0.15) is 10.1 Å². The monoisotopic (exact) mass is 364 g/mol. The van der Waals surface area contributed by atoms with Crippen LogP contribution in [-0.4, -0.2) is 35.4 Å². The van der Waals surface area contributed by atoms with Gasteiger partial charge in [0.25, 0.3) is 0 Å². The number of hydrogen-bond donors (Lipinski definition) is 2.